The standard InChI is InChI=1S/C19H23N5O2/c1-12-16(13(2)24(4)22-12)11-23(3)19(25)18-10-17(20-21-18)14-7-6-8-15(9-14)26-5/h6-10H,11H2,1-5H3,(H,20,21). The van der Waals surface area contributed by atoms with Crippen molar-refractivity contribution in [2.24, 2.45) is 7.05 Å². The predicted molar refractivity (Wildman–Crippen MR) is 99.1 cm³/mol. The molecule has 0 unspecified atom stereocenters. The summed E-state index contributed by atoms with van der Waals surface area (Å²) in [6.07, 6.45) is 0. The van der Waals surface area contributed by atoms with Gasteiger partial charge in [-0.3, -0.25) is 14.6 Å². The number of carbonyl (C=O) groups excluding carboxylic acids is 1. The third-order valence-corrected chi connectivity index (χ3v) is 4.57. The van der Waals surface area contributed by atoms with Gasteiger partial charge in [0.1, 0.15) is 11.4 Å². The van der Waals surface area contributed by atoms with Crippen molar-refractivity contribution in [3.8, 4) is 17.0 Å². The van der Waals surface area contributed by atoms with E-state index in [-0.39, 0.29) is 5.91 Å². The number of ether oxygens (including phenoxy) is 1. The molecule has 1 amide bonds. The monoisotopic (exact) mass is 353 g/mol. The van der Waals surface area contributed by atoms with Crippen molar-refractivity contribution in [2.45, 2.75) is 20.4 Å². The van der Waals surface area contributed by atoms with Gasteiger partial charge in [-0.1, -0.05) is 12.1 Å². The second-order valence-electron chi connectivity index (χ2n) is 6.33. The van der Waals surface area contributed by atoms with Crippen molar-refractivity contribution >= 4 is 5.91 Å². The number of carbonyl (C=O) groups is 1. The van der Waals surface area contributed by atoms with Crippen LogP contribution in [-0.2, 0) is 13.6 Å². The highest BCUT2D eigenvalue weighted by Crippen LogP contribution is 2.23. The van der Waals surface area contributed by atoms with E-state index in [1.54, 1.807) is 25.1 Å². The maximum absolute atomic E-state index is 12.7. The zero-order chi connectivity index (χ0) is 18.8. The fourth-order valence-corrected chi connectivity index (χ4v) is 2.92. The highest BCUT2D eigenvalue weighted by atomic mass is 16.5. The number of rotatable bonds is 5. The minimum Gasteiger partial charge on any atom is -0.497 e. The SMILES string of the molecule is COc1cccc(-c2cc(C(=O)N(C)Cc3c(C)nn(C)c3C)[nH]n2)c1. The van der Waals surface area contributed by atoms with Crippen LogP contribution in [0.5, 0.6) is 5.75 Å². The molecule has 0 spiro atoms. The largest absolute Gasteiger partial charge is 0.497 e. The van der Waals surface area contributed by atoms with Crippen LogP contribution in [0.15, 0.2) is 30.3 Å². The first-order valence-corrected chi connectivity index (χ1v) is 8.35. The summed E-state index contributed by atoms with van der Waals surface area (Å²) in [5.41, 5.74) is 5.10. The van der Waals surface area contributed by atoms with Gasteiger partial charge in [-0.05, 0) is 32.0 Å². The first-order chi connectivity index (χ1) is 12.4. The number of amides is 1. The Morgan fingerprint density at radius 3 is 2.73 bits per heavy atom. The molecule has 1 aromatic carbocycles. The highest BCUT2D eigenvalue weighted by Gasteiger charge is 2.19. The Kier molecular flexibility index (Phi) is 4.79. The van der Waals surface area contributed by atoms with Crippen molar-refractivity contribution in [3.63, 3.8) is 0 Å². The highest BCUT2D eigenvalue weighted by molar-refractivity contribution is 5.93. The quantitative estimate of drug-likeness (QED) is 0.765. The Morgan fingerprint density at radius 1 is 1.31 bits per heavy atom. The van der Waals surface area contributed by atoms with Crippen LogP contribution >= 0.6 is 0 Å². The van der Waals surface area contributed by atoms with E-state index >= 15 is 0 Å². The Morgan fingerprint density at radius 2 is 2.08 bits per heavy atom. The zero-order valence-corrected chi connectivity index (χ0v) is 15.7. The van der Waals surface area contributed by atoms with Crippen LogP contribution in [0.4, 0.5) is 0 Å². The van der Waals surface area contributed by atoms with Crippen LogP contribution in [0.2, 0.25) is 0 Å². The van der Waals surface area contributed by atoms with E-state index < -0.39 is 0 Å². The third kappa shape index (κ3) is 3.33. The molecule has 26 heavy (non-hydrogen) atoms. The molecule has 2 heterocycles. The fourth-order valence-electron chi connectivity index (χ4n) is 2.92. The molecule has 0 saturated carbocycles. The van der Waals surface area contributed by atoms with Gasteiger partial charge in [0, 0.05) is 37.5 Å². The van der Waals surface area contributed by atoms with Crippen molar-refractivity contribution in [1.82, 2.24) is 24.9 Å². The lowest BCUT2D eigenvalue weighted by Crippen LogP contribution is -2.27. The molecule has 0 atom stereocenters. The number of methoxy groups -OCH3 is 1. The lowest BCUT2D eigenvalue weighted by atomic mass is 10.1. The summed E-state index contributed by atoms with van der Waals surface area (Å²) in [5, 5.41) is 11.5. The number of H-pyrrole nitrogens is 1. The second-order valence-corrected chi connectivity index (χ2v) is 6.33. The Labute approximate surface area is 152 Å². The Hall–Kier alpha value is -3.09. The molecule has 136 valence electrons. The number of aromatic nitrogens is 4. The molecule has 0 radical (unpaired) electrons. The van der Waals surface area contributed by atoms with Crippen LogP contribution in [0.1, 0.15) is 27.4 Å². The maximum Gasteiger partial charge on any atom is 0.271 e. The van der Waals surface area contributed by atoms with Gasteiger partial charge in [-0.2, -0.15) is 10.2 Å². The van der Waals surface area contributed by atoms with Crippen molar-refractivity contribution in [3.05, 3.63) is 53.0 Å². The molecule has 7 nitrogen and oxygen atoms in total. The van der Waals surface area contributed by atoms with Crippen molar-refractivity contribution in [2.75, 3.05) is 14.2 Å². The average molecular weight is 353 g/mol. The summed E-state index contributed by atoms with van der Waals surface area (Å²) in [6, 6.07) is 9.34. The maximum atomic E-state index is 12.7. The Bertz CT molecular complexity index is 941. The van der Waals surface area contributed by atoms with E-state index in [9.17, 15) is 4.79 Å². The van der Waals surface area contributed by atoms with Gasteiger partial charge in [-0.15, -0.1) is 0 Å². The van der Waals surface area contributed by atoms with Crippen LogP contribution in [0, 0.1) is 13.8 Å². The van der Waals surface area contributed by atoms with Crippen LogP contribution in [0.25, 0.3) is 11.3 Å². The average Bonchev–Trinajstić information content (AvgIpc) is 3.22. The van der Waals surface area contributed by atoms with E-state index in [0.717, 1.165) is 28.3 Å². The molecule has 0 saturated heterocycles. The molecule has 7 heteroatoms. The summed E-state index contributed by atoms with van der Waals surface area (Å²) in [7, 11) is 5.30. The molecular weight excluding hydrogens is 330 g/mol. The van der Waals surface area contributed by atoms with Gasteiger partial charge in [0.2, 0.25) is 0 Å². The molecular formula is C19H23N5O2. The van der Waals surface area contributed by atoms with E-state index in [4.69, 9.17) is 4.74 Å². The summed E-state index contributed by atoms with van der Waals surface area (Å²) in [5.74, 6) is 0.632. The molecule has 3 aromatic rings. The minimum atomic E-state index is -0.116. The van der Waals surface area contributed by atoms with Gasteiger partial charge in [0.05, 0.1) is 18.5 Å². The summed E-state index contributed by atoms with van der Waals surface area (Å²) < 4.78 is 7.07. The molecule has 1 N–H and O–H groups in total. The molecule has 0 aliphatic carbocycles. The Balaban J connectivity index is 1.79. The van der Waals surface area contributed by atoms with Crippen LogP contribution in [-0.4, -0.2) is 44.9 Å². The smallest absolute Gasteiger partial charge is 0.271 e. The van der Waals surface area contributed by atoms with Gasteiger partial charge >= 0.3 is 0 Å². The van der Waals surface area contributed by atoms with Gasteiger partial charge in [-0.25, -0.2) is 0 Å². The molecule has 0 aliphatic heterocycles. The fraction of sp³-hybridized carbons (Fsp3) is 0.316. The normalized spacial score (nSPS) is 10.8. The number of nitrogens with one attached hydrogen (secondary N) is 1. The van der Waals surface area contributed by atoms with Gasteiger partial charge in [0.15, 0.2) is 0 Å². The van der Waals surface area contributed by atoms with E-state index in [0.29, 0.717) is 17.9 Å². The zero-order valence-electron chi connectivity index (χ0n) is 15.7. The number of aryl methyl sites for hydroxylation is 2. The molecule has 0 fully saturated rings. The number of nitrogens with zero attached hydrogens (tertiary/aromatic N) is 4. The van der Waals surface area contributed by atoms with E-state index in [2.05, 4.69) is 15.3 Å². The van der Waals surface area contributed by atoms with Crippen LogP contribution in [0.3, 0.4) is 0 Å². The van der Waals surface area contributed by atoms with Gasteiger partial charge < -0.3 is 9.64 Å². The summed E-state index contributed by atoms with van der Waals surface area (Å²) >= 11 is 0. The van der Waals surface area contributed by atoms with Crippen LogP contribution < -0.4 is 4.74 Å². The number of hydrogen-bond acceptors (Lipinski definition) is 4. The van der Waals surface area contributed by atoms with E-state index in [1.807, 2.05) is 49.8 Å². The molecule has 3 rings (SSSR count). The topological polar surface area (TPSA) is 76.0 Å². The molecule has 2 aromatic heterocycles. The first-order valence-electron chi connectivity index (χ1n) is 8.35. The minimum absolute atomic E-state index is 0.116. The lowest BCUT2D eigenvalue weighted by Gasteiger charge is -2.16. The van der Waals surface area contributed by atoms with Crippen molar-refractivity contribution < 1.29 is 9.53 Å². The molecule has 0 aliphatic rings. The first kappa shape index (κ1) is 17.7. The van der Waals surface area contributed by atoms with E-state index in [1.165, 1.54) is 0 Å². The summed E-state index contributed by atoms with van der Waals surface area (Å²) in [6.45, 7) is 4.46. The van der Waals surface area contributed by atoms with Crippen molar-refractivity contribution in [1.29, 1.82) is 0 Å². The number of aromatic amines is 1. The van der Waals surface area contributed by atoms with Gasteiger partial charge in [0.25, 0.3) is 5.91 Å². The number of hydrogen-bond donors (Lipinski definition) is 1. The second kappa shape index (κ2) is 7.03. The number of benzene rings is 1. The lowest BCUT2D eigenvalue weighted by molar-refractivity contribution is 0.0779. The predicted octanol–water partition coefficient (Wildman–Crippen LogP) is 2.71. The third-order valence-electron chi connectivity index (χ3n) is 4.57. The molecule has 0 bridgehead atoms. The summed E-state index contributed by atoms with van der Waals surface area (Å²) in [4.78, 5) is 14.4.